The number of nitrogens with one attached hydrogen (secondary N) is 2. The number of aromatic nitrogens is 1. The maximum absolute atomic E-state index is 4.53. The molecule has 0 unspecified atom stereocenters. The van der Waals surface area contributed by atoms with Crippen LogP contribution in [0.4, 0.5) is 11.4 Å². The van der Waals surface area contributed by atoms with Gasteiger partial charge < -0.3 is 35.4 Å². The molecule has 4 nitrogen and oxygen atoms in total. The van der Waals surface area contributed by atoms with E-state index < -0.39 is 0 Å². The molecular weight excluding hydrogens is 498 g/mol. The first-order valence-corrected chi connectivity index (χ1v) is 10.8. The van der Waals surface area contributed by atoms with Gasteiger partial charge in [0.2, 0.25) is 0 Å². The third kappa shape index (κ3) is 9.55. The maximum Gasteiger partial charge on any atom is 2.00 e. The fourth-order valence-electron chi connectivity index (χ4n) is 3.86. The van der Waals surface area contributed by atoms with Crippen LogP contribution in [0, 0.1) is 27.7 Å². The van der Waals surface area contributed by atoms with Gasteiger partial charge in [-0.25, -0.2) is 0 Å². The Hall–Kier alpha value is -1.76. The molecule has 0 saturated carbocycles. The summed E-state index contributed by atoms with van der Waals surface area (Å²) in [5.41, 5.74) is 8.79. The van der Waals surface area contributed by atoms with E-state index in [1.165, 1.54) is 33.6 Å². The first-order chi connectivity index (χ1) is 14.5. The summed E-state index contributed by atoms with van der Waals surface area (Å²) < 4.78 is 0. The second-order valence-corrected chi connectivity index (χ2v) is 7.98. The van der Waals surface area contributed by atoms with E-state index in [4.69, 9.17) is 0 Å². The number of hydrogen-bond acceptors (Lipinski definition) is 4. The molecule has 0 amide bonds. The van der Waals surface area contributed by atoms with Crippen molar-refractivity contribution in [2.75, 3.05) is 36.8 Å². The van der Waals surface area contributed by atoms with Crippen LogP contribution in [-0.2, 0) is 23.3 Å². The van der Waals surface area contributed by atoms with Gasteiger partial charge in [-0.1, -0.05) is 42.5 Å². The topological polar surface area (TPSA) is 40.2 Å². The van der Waals surface area contributed by atoms with E-state index in [0.717, 1.165) is 38.4 Å². The van der Waals surface area contributed by atoms with Crippen molar-refractivity contribution >= 4 is 11.4 Å². The second kappa shape index (κ2) is 16.0. The minimum atomic E-state index is 0. The summed E-state index contributed by atoms with van der Waals surface area (Å²) in [5, 5.41) is 7.28. The Bertz CT molecular complexity index is 856. The number of rotatable bonds is 10. The van der Waals surface area contributed by atoms with Gasteiger partial charge in [-0.05, 0) is 62.1 Å². The molecule has 181 valence electrons. The first-order valence-electron chi connectivity index (χ1n) is 10.8. The van der Waals surface area contributed by atoms with Gasteiger partial charge in [0.15, 0.2) is 0 Å². The Morgan fingerprint density at radius 1 is 0.667 bits per heavy atom. The van der Waals surface area contributed by atoms with Crippen LogP contribution < -0.4 is 35.4 Å². The largest absolute Gasteiger partial charge is 2.00 e. The smallest absolute Gasteiger partial charge is 1.00 e. The van der Waals surface area contributed by atoms with Crippen LogP contribution in [0.15, 0.2) is 60.8 Å². The Kier molecular flexibility index (Phi) is 15.1. The summed E-state index contributed by atoms with van der Waals surface area (Å²) in [6.45, 7) is 13.2. The van der Waals surface area contributed by atoms with Gasteiger partial charge in [-0.2, -0.15) is 0 Å². The van der Waals surface area contributed by atoms with Gasteiger partial charge in [0.1, 0.15) is 0 Å². The normalized spacial score (nSPS) is 9.97. The van der Waals surface area contributed by atoms with Crippen LogP contribution in [0.1, 0.15) is 27.9 Å². The SMILES string of the molecule is Cc1cccc(C)c1NCCN(CCNc1c(C)cccc1C)Cc1ccccn1.[Cl-].[Cl-].[Co+2]. The first kappa shape index (κ1) is 31.2. The van der Waals surface area contributed by atoms with Gasteiger partial charge in [-0.3, -0.25) is 9.88 Å². The van der Waals surface area contributed by atoms with E-state index in [9.17, 15) is 0 Å². The molecule has 7 heteroatoms. The molecule has 3 aromatic rings. The minimum absolute atomic E-state index is 0. The summed E-state index contributed by atoms with van der Waals surface area (Å²) in [6.07, 6.45) is 1.87. The molecule has 2 N–H and O–H groups in total. The number of anilines is 2. The fourth-order valence-corrected chi connectivity index (χ4v) is 3.86. The number of para-hydroxylation sites is 2. The summed E-state index contributed by atoms with van der Waals surface area (Å²) in [5.74, 6) is 0. The van der Waals surface area contributed by atoms with Crippen molar-refractivity contribution in [2.45, 2.75) is 34.2 Å². The van der Waals surface area contributed by atoms with Crippen molar-refractivity contribution in [1.82, 2.24) is 9.88 Å². The van der Waals surface area contributed by atoms with Crippen molar-refractivity contribution in [3.8, 4) is 0 Å². The van der Waals surface area contributed by atoms with Crippen LogP contribution in [-0.4, -0.2) is 36.1 Å². The van der Waals surface area contributed by atoms with E-state index >= 15 is 0 Å². The summed E-state index contributed by atoms with van der Waals surface area (Å²) in [6, 6.07) is 19.0. The molecule has 0 atom stereocenters. The third-order valence-corrected chi connectivity index (χ3v) is 5.53. The van der Waals surface area contributed by atoms with E-state index in [2.05, 4.69) is 96.7 Å². The number of halogens is 2. The summed E-state index contributed by atoms with van der Waals surface area (Å²) >= 11 is 0. The Morgan fingerprint density at radius 2 is 1.12 bits per heavy atom. The molecule has 2 aromatic carbocycles. The van der Waals surface area contributed by atoms with Gasteiger partial charge >= 0.3 is 16.8 Å². The third-order valence-electron chi connectivity index (χ3n) is 5.53. The maximum atomic E-state index is 4.53. The van der Waals surface area contributed by atoms with E-state index in [1.807, 2.05) is 12.3 Å². The Morgan fingerprint density at radius 3 is 1.52 bits per heavy atom. The molecule has 0 aliphatic rings. The fraction of sp³-hybridized carbons (Fsp3) is 0.346. The molecule has 0 bridgehead atoms. The zero-order chi connectivity index (χ0) is 21.3. The van der Waals surface area contributed by atoms with E-state index in [-0.39, 0.29) is 41.6 Å². The van der Waals surface area contributed by atoms with Gasteiger partial charge in [0, 0.05) is 50.3 Å². The van der Waals surface area contributed by atoms with Crippen LogP contribution in [0.3, 0.4) is 0 Å². The van der Waals surface area contributed by atoms with Crippen molar-refractivity contribution in [2.24, 2.45) is 0 Å². The molecular formula is C26H34Cl2CoN4. The summed E-state index contributed by atoms with van der Waals surface area (Å²) in [4.78, 5) is 6.99. The molecule has 33 heavy (non-hydrogen) atoms. The quantitative estimate of drug-likeness (QED) is 0.364. The zero-order valence-corrected chi connectivity index (χ0v) is 22.3. The molecule has 1 aromatic heterocycles. The van der Waals surface area contributed by atoms with Gasteiger partial charge in [-0.15, -0.1) is 0 Å². The molecule has 0 aliphatic carbocycles. The molecule has 1 radical (unpaired) electrons. The van der Waals surface area contributed by atoms with Crippen molar-refractivity contribution in [3.63, 3.8) is 0 Å². The Labute approximate surface area is 222 Å². The second-order valence-electron chi connectivity index (χ2n) is 7.98. The number of pyridine rings is 1. The van der Waals surface area contributed by atoms with Crippen LogP contribution in [0.2, 0.25) is 0 Å². The molecule has 3 rings (SSSR count). The van der Waals surface area contributed by atoms with Crippen molar-refractivity contribution in [1.29, 1.82) is 0 Å². The number of hydrogen-bond donors (Lipinski definition) is 2. The summed E-state index contributed by atoms with van der Waals surface area (Å²) in [7, 11) is 0. The average molecular weight is 532 g/mol. The Balaban J connectivity index is 0.00000341. The van der Waals surface area contributed by atoms with Crippen LogP contribution in [0.5, 0.6) is 0 Å². The number of nitrogens with zero attached hydrogens (tertiary/aromatic N) is 2. The van der Waals surface area contributed by atoms with Crippen molar-refractivity contribution in [3.05, 3.63) is 88.7 Å². The average Bonchev–Trinajstić information content (AvgIpc) is 2.73. The predicted molar refractivity (Wildman–Crippen MR) is 128 cm³/mol. The zero-order valence-electron chi connectivity index (χ0n) is 19.8. The predicted octanol–water partition coefficient (Wildman–Crippen LogP) is -0.653. The molecule has 0 spiro atoms. The van der Waals surface area contributed by atoms with Crippen molar-refractivity contribution < 1.29 is 41.6 Å². The van der Waals surface area contributed by atoms with Gasteiger partial charge in [0.25, 0.3) is 0 Å². The van der Waals surface area contributed by atoms with Crippen LogP contribution >= 0.6 is 0 Å². The van der Waals surface area contributed by atoms with E-state index in [1.54, 1.807) is 0 Å². The molecule has 0 fully saturated rings. The molecule has 0 saturated heterocycles. The standard InChI is InChI=1S/C26H34N4.2ClH.Co/c1-20-9-7-10-21(2)25(20)28-15-17-30(19-24-13-5-6-14-27-24)18-16-29-26-22(3)11-8-12-23(26)4;;;/h5-14,28-29H,15-19H2,1-4H3;2*1H;/q;;;+2/p-2. The van der Waals surface area contributed by atoms with Crippen LogP contribution in [0.25, 0.3) is 0 Å². The molecule has 0 aliphatic heterocycles. The number of aryl methyl sites for hydroxylation is 4. The van der Waals surface area contributed by atoms with Gasteiger partial charge in [0.05, 0.1) is 5.69 Å². The minimum Gasteiger partial charge on any atom is -1.00 e. The monoisotopic (exact) mass is 531 g/mol. The number of benzene rings is 2. The molecule has 1 heterocycles. The van der Waals surface area contributed by atoms with E-state index in [0.29, 0.717) is 0 Å².